The number of hydrogen-bond donors (Lipinski definition) is 0. The Morgan fingerprint density at radius 2 is 2.13 bits per heavy atom. The Balaban J connectivity index is 3.27. The van der Waals surface area contributed by atoms with Crippen LogP contribution >= 0.6 is 0 Å². The number of carbonyl (C=O) groups excluding carboxylic acids is 1. The van der Waals surface area contributed by atoms with Gasteiger partial charge in [-0.05, 0) is 6.92 Å². The molecule has 0 bridgehead atoms. The molecule has 0 aliphatic carbocycles. The number of ether oxygens (including phenoxy) is 1. The average molecular weight is 219 g/mol. The van der Waals surface area contributed by atoms with Crippen LogP contribution < -0.4 is 0 Å². The number of alkyl halides is 2. The number of halogens is 3. The zero-order chi connectivity index (χ0) is 11.6. The van der Waals surface area contributed by atoms with Crippen molar-refractivity contribution in [3.63, 3.8) is 0 Å². The van der Waals surface area contributed by atoms with Gasteiger partial charge >= 0.3 is 5.97 Å². The van der Waals surface area contributed by atoms with Crippen molar-refractivity contribution >= 4 is 5.97 Å². The summed E-state index contributed by atoms with van der Waals surface area (Å²) in [6.07, 6.45) is -2.32. The van der Waals surface area contributed by atoms with E-state index in [1.807, 2.05) is 0 Å². The SMILES string of the molecule is COC(=O)c1ncc(C(F)F)c(F)c1C. The van der Waals surface area contributed by atoms with Gasteiger partial charge in [0.25, 0.3) is 6.43 Å². The lowest BCUT2D eigenvalue weighted by Crippen LogP contribution is -2.10. The third-order valence-electron chi connectivity index (χ3n) is 1.88. The molecule has 0 N–H and O–H groups in total. The van der Waals surface area contributed by atoms with Gasteiger partial charge in [-0.2, -0.15) is 0 Å². The number of hydrogen-bond acceptors (Lipinski definition) is 3. The molecule has 1 aromatic heterocycles. The number of methoxy groups -OCH3 is 1. The van der Waals surface area contributed by atoms with Crippen LogP contribution in [0.25, 0.3) is 0 Å². The molecule has 82 valence electrons. The first kappa shape index (κ1) is 11.5. The lowest BCUT2D eigenvalue weighted by molar-refractivity contribution is 0.0591. The van der Waals surface area contributed by atoms with Crippen LogP contribution in [0, 0.1) is 12.7 Å². The third kappa shape index (κ3) is 2.08. The molecular formula is C9H8F3NO2. The van der Waals surface area contributed by atoms with Crippen molar-refractivity contribution in [3.8, 4) is 0 Å². The summed E-state index contributed by atoms with van der Waals surface area (Å²) < 4.78 is 42.1. The second kappa shape index (κ2) is 4.29. The van der Waals surface area contributed by atoms with E-state index in [1.165, 1.54) is 6.92 Å². The van der Waals surface area contributed by atoms with Crippen molar-refractivity contribution in [2.24, 2.45) is 0 Å². The maximum atomic E-state index is 13.3. The largest absolute Gasteiger partial charge is 0.464 e. The van der Waals surface area contributed by atoms with Crippen LogP contribution in [-0.2, 0) is 4.74 Å². The van der Waals surface area contributed by atoms with E-state index in [-0.39, 0.29) is 11.3 Å². The lowest BCUT2D eigenvalue weighted by Gasteiger charge is -2.07. The van der Waals surface area contributed by atoms with Gasteiger partial charge in [-0.1, -0.05) is 0 Å². The smallest absolute Gasteiger partial charge is 0.357 e. The second-order valence-corrected chi connectivity index (χ2v) is 2.79. The Kier molecular flexibility index (Phi) is 3.28. The Hall–Kier alpha value is -1.59. The van der Waals surface area contributed by atoms with E-state index < -0.39 is 23.8 Å². The van der Waals surface area contributed by atoms with Crippen LogP contribution in [0.2, 0.25) is 0 Å². The zero-order valence-electron chi connectivity index (χ0n) is 8.05. The molecule has 0 amide bonds. The summed E-state index contributed by atoms with van der Waals surface area (Å²) in [6.45, 7) is 1.19. The van der Waals surface area contributed by atoms with E-state index in [4.69, 9.17) is 0 Å². The number of nitrogens with zero attached hydrogens (tertiary/aromatic N) is 1. The van der Waals surface area contributed by atoms with Gasteiger partial charge in [0, 0.05) is 11.8 Å². The standard InChI is InChI=1S/C9H8F3NO2/c1-4-6(10)5(8(11)12)3-13-7(4)9(14)15-2/h3,8H,1-2H3. The van der Waals surface area contributed by atoms with Crippen molar-refractivity contribution in [2.75, 3.05) is 7.11 Å². The Morgan fingerprint density at radius 1 is 1.53 bits per heavy atom. The molecule has 1 aromatic rings. The highest BCUT2D eigenvalue weighted by atomic mass is 19.3. The quantitative estimate of drug-likeness (QED) is 0.716. The first-order valence-corrected chi connectivity index (χ1v) is 4.00. The van der Waals surface area contributed by atoms with Crippen LogP contribution in [0.5, 0.6) is 0 Å². The summed E-state index contributed by atoms with van der Waals surface area (Å²) in [5, 5.41) is 0. The summed E-state index contributed by atoms with van der Waals surface area (Å²) in [5.41, 5.74) is -1.35. The predicted molar refractivity (Wildman–Crippen MR) is 45.2 cm³/mol. The molecule has 0 aliphatic rings. The van der Waals surface area contributed by atoms with Crippen LogP contribution in [-0.4, -0.2) is 18.1 Å². The molecule has 15 heavy (non-hydrogen) atoms. The van der Waals surface area contributed by atoms with Crippen molar-refractivity contribution in [2.45, 2.75) is 13.3 Å². The topological polar surface area (TPSA) is 39.2 Å². The molecule has 0 atom stereocenters. The van der Waals surface area contributed by atoms with E-state index in [0.29, 0.717) is 6.20 Å². The maximum absolute atomic E-state index is 13.3. The van der Waals surface area contributed by atoms with Gasteiger partial charge in [0.1, 0.15) is 5.82 Å². The van der Waals surface area contributed by atoms with Gasteiger partial charge in [0.05, 0.1) is 12.7 Å². The minimum Gasteiger partial charge on any atom is -0.464 e. The fourth-order valence-electron chi connectivity index (χ4n) is 1.06. The van der Waals surface area contributed by atoms with Gasteiger partial charge in [0.2, 0.25) is 0 Å². The summed E-state index contributed by atoms with van der Waals surface area (Å²) in [7, 11) is 1.10. The molecule has 0 spiro atoms. The molecule has 0 aromatic carbocycles. The minimum atomic E-state index is -2.96. The molecule has 0 unspecified atom stereocenters. The van der Waals surface area contributed by atoms with Crippen LogP contribution in [0.1, 0.15) is 28.0 Å². The van der Waals surface area contributed by atoms with Gasteiger partial charge in [-0.15, -0.1) is 0 Å². The van der Waals surface area contributed by atoms with E-state index >= 15 is 0 Å². The van der Waals surface area contributed by atoms with Gasteiger partial charge < -0.3 is 4.74 Å². The lowest BCUT2D eigenvalue weighted by atomic mass is 10.1. The molecule has 0 fully saturated rings. The second-order valence-electron chi connectivity index (χ2n) is 2.79. The highest BCUT2D eigenvalue weighted by molar-refractivity contribution is 5.88. The first-order valence-electron chi connectivity index (χ1n) is 4.00. The molecule has 0 saturated heterocycles. The number of carbonyl (C=O) groups is 1. The van der Waals surface area contributed by atoms with Gasteiger partial charge in [-0.25, -0.2) is 22.9 Å². The summed E-state index contributed by atoms with van der Waals surface area (Å²) in [6, 6.07) is 0. The fraction of sp³-hybridized carbons (Fsp3) is 0.333. The van der Waals surface area contributed by atoms with Crippen molar-refractivity contribution in [3.05, 3.63) is 28.8 Å². The molecule has 1 rings (SSSR count). The molecule has 6 heteroatoms. The first-order chi connectivity index (χ1) is 6.99. The Morgan fingerprint density at radius 3 is 2.60 bits per heavy atom. The highest BCUT2D eigenvalue weighted by Gasteiger charge is 2.21. The fourth-order valence-corrected chi connectivity index (χ4v) is 1.06. The number of aromatic nitrogens is 1. The third-order valence-corrected chi connectivity index (χ3v) is 1.88. The minimum absolute atomic E-state index is 0.236. The number of pyridine rings is 1. The molecule has 0 aliphatic heterocycles. The molecular weight excluding hydrogens is 211 g/mol. The maximum Gasteiger partial charge on any atom is 0.357 e. The molecule has 3 nitrogen and oxygen atoms in total. The van der Waals surface area contributed by atoms with Gasteiger partial charge in [0.15, 0.2) is 5.69 Å². The molecule has 0 saturated carbocycles. The highest BCUT2D eigenvalue weighted by Crippen LogP contribution is 2.24. The monoisotopic (exact) mass is 219 g/mol. The zero-order valence-corrected chi connectivity index (χ0v) is 8.05. The summed E-state index contributed by atoms with van der Waals surface area (Å²) >= 11 is 0. The summed E-state index contributed by atoms with van der Waals surface area (Å²) in [4.78, 5) is 14.5. The van der Waals surface area contributed by atoms with Crippen molar-refractivity contribution in [1.82, 2.24) is 4.98 Å². The Bertz CT molecular complexity index is 393. The van der Waals surface area contributed by atoms with Gasteiger partial charge in [-0.3, -0.25) is 0 Å². The van der Waals surface area contributed by atoms with Crippen molar-refractivity contribution < 1.29 is 22.7 Å². The number of esters is 1. The van der Waals surface area contributed by atoms with Crippen LogP contribution in [0.3, 0.4) is 0 Å². The Labute approximate surface area is 83.9 Å². The molecule has 0 radical (unpaired) electrons. The predicted octanol–water partition coefficient (Wildman–Crippen LogP) is 2.25. The van der Waals surface area contributed by atoms with E-state index in [1.54, 1.807) is 0 Å². The van der Waals surface area contributed by atoms with E-state index in [0.717, 1.165) is 7.11 Å². The van der Waals surface area contributed by atoms with Crippen molar-refractivity contribution in [1.29, 1.82) is 0 Å². The number of rotatable bonds is 2. The van der Waals surface area contributed by atoms with E-state index in [2.05, 4.69) is 9.72 Å². The van der Waals surface area contributed by atoms with E-state index in [9.17, 15) is 18.0 Å². The molecule has 1 heterocycles. The average Bonchev–Trinajstić information content (AvgIpc) is 2.20. The normalized spacial score (nSPS) is 10.5. The van der Waals surface area contributed by atoms with Crippen LogP contribution in [0.4, 0.5) is 13.2 Å². The van der Waals surface area contributed by atoms with Crippen LogP contribution in [0.15, 0.2) is 6.20 Å². The summed E-state index contributed by atoms with van der Waals surface area (Å²) in [5.74, 6) is -1.98.